The van der Waals surface area contributed by atoms with E-state index in [1.54, 1.807) is 72.8 Å². The summed E-state index contributed by atoms with van der Waals surface area (Å²) in [6.07, 6.45) is 0. The molecular weight excluding hydrogens is 684 g/mol. The van der Waals surface area contributed by atoms with Gasteiger partial charge in [0, 0.05) is 11.1 Å². The van der Waals surface area contributed by atoms with Crippen LogP contribution in [-0.4, -0.2) is 29.7 Å². The summed E-state index contributed by atoms with van der Waals surface area (Å²) in [5.74, 6) is -3.86. The van der Waals surface area contributed by atoms with Crippen molar-refractivity contribution in [3.8, 4) is 0 Å². The van der Waals surface area contributed by atoms with Gasteiger partial charge in [0.15, 0.2) is 5.78 Å². The highest BCUT2D eigenvalue weighted by atomic mass is 16.5. The second-order valence-corrected chi connectivity index (χ2v) is 12.1. The molecule has 0 aliphatic rings. The first-order valence-electron chi connectivity index (χ1n) is 17.0. The van der Waals surface area contributed by atoms with E-state index >= 15 is 0 Å². The van der Waals surface area contributed by atoms with Gasteiger partial charge in [-0.05, 0) is 46.5 Å². The lowest BCUT2D eigenvalue weighted by Gasteiger charge is -2.13. The van der Waals surface area contributed by atoms with Gasteiger partial charge >= 0.3 is 23.9 Å². The van der Waals surface area contributed by atoms with Gasteiger partial charge in [0.25, 0.3) is 0 Å². The van der Waals surface area contributed by atoms with Crippen LogP contribution in [0.3, 0.4) is 0 Å². The predicted octanol–water partition coefficient (Wildman–Crippen LogP) is 8.35. The molecule has 9 nitrogen and oxygen atoms in total. The van der Waals surface area contributed by atoms with E-state index in [9.17, 15) is 24.0 Å². The summed E-state index contributed by atoms with van der Waals surface area (Å²) in [5.41, 5.74) is 2.42. The molecule has 0 aromatic heterocycles. The minimum absolute atomic E-state index is 0.0178. The minimum atomic E-state index is -0.846. The Morgan fingerprint density at radius 2 is 0.574 bits per heavy atom. The summed E-state index contributed by atoms with van der Waals surface area (Å²) in [5, 5.41) is 0. The van der Waals surface area contributed by atoms with Crippen molar-refractivity contribution in [3.63, 3.8) is 0 Å². The molecule has 54 heavy (non-hydrogen) atoms. The number of esters is 4. The third-order valence-electron chi connectivity index (χ3n) is 8.29. The largest absolute Gasteiger partial charge is 0.457 e. The van der Waals surface area contributed by atoms with Crippen LogP contribution in [0.5, 0.6) is 0 Å². The van der Waals surface area contributed by atoms with Gasteiger partial charge < -0.3 is 18.9 Å². The van der Waals surface area contributed by atoms with Crippen LogP contribution in [0.2, 0.25) is 0 Å². The van der Waals surface area contributed by atoms with E-state index in [-0.39, 0.29) is 59.8 Å². The Hall–Kier alpha value is -7.13. The van der Waals surface area contributed by atoms with Crippen LogP contribution in [-0.2, 0) is 45.4 Å². The number of hydrogen-bond donors (Lipinski definition) is 0. The maximum atomic E-state index is 14.0. The number of hydrogen-bond acceptors (Lipinski definition) is 9. The highest BCUT2D eigenvalue weighted by molar-refractivity contribution is 6.13. The van der Waals surface area contributed by atoms with Crippen molar-refractivity contribution in [2.24, 2.45) is 0 Å². The second kappa shape index (κ2) is 17.9. The number of benzene rings is 6. The standard InChI is InChI=1S/C45H34O9/c46-41(35-21-23-37(42(47)51-27-31-13-5-1-6-14-31)39(25-35)44(49)53-29-33-17-9-3-10-18-33)36-22-24-38(43(48)52-28-32-15-7-2-8-16-32)40(26-36)45(50)54-30-34-19-11-4-12-20-34/h1-26H,27-30H2. The van der Waals surface area contributed by atoms with E-state index in [1.165, 1.54) is 36.4 Å². The molecule has 0 fully saturated rings. The first-order valence-corrected chi connectivity index (χ1v) is 17.0. The lowest BCUT2D eigenvalue weighted by atomic mass is 9.95. The van der Waals surface area contributed by atoms with Gasteiger partial charge in [-0.25, -0.2) is 19.2 Å². The molecular formula is C45H34O9. The van der Waals surface area contributed by atoms with Crippen LogP contribution >= 0.6 is 0 Å². The van der Waals surface area contributed by atoms with Gasteiger partial charge in [0.05, 0.1) is 22.3 Å². The molecule has 268 valence electrons. The number of rotatable bonds is 14. The van der Waals surface area contributed by atoms with Crippen molar-refractivity contribution in [2.75, 3.05) is 0 Å². The molecule has 0 amide bonds. The molecule has 0 aliphatic carbocycles. The average molecular weight is 719 g/mol. The maximum absolute atomic E-state index is 14.0. The number of carbonyl (C=O) groups is 5. The molecule has 0 radical (unpaired) electrons. The molecule has 0 unspecified atom stereocenters. The number of ketones is 1. The molecule has 0 aliphatic heterocycles. The Balaban J connectivity index is 1.29. The summed E-state index contributed by atoms with van der Waals surface area (Å²) < 4.78 is 22.1. The minimum Gasteiger partial charge on any atom is -0.457 e. The molecule has 6 aromatic carbocycles. The molecule has 9 heteroatoms. The van der Waals surface area contributed by atoms with Crippen molar-refractivity contribution in [2.45, 2.75) is 26.4 Å². The van der Waals surface area contributed by atoms with Crippen LogP contribution < -0.4 is 0 Å². The molecule has 0 N–H and O–H groups in total. The van der Waals surface area contributed by atoms with Gasteiger partial charge in [-0.15, -0.1) is 0 Å². The summed E-state index contributed by atoms with van der Waals surface area (Å²) in [7, 11) is 0. The number of carbonyl (C=O) groups excluding carboxylic acids is 5. The van der Waals surface area contributed by atoms with Crippen molar-refractivity contribution >= 4 is 29.7 Å². The SMILES string of the molecule is O=C(c1ccc(C(=O)OCc2ccccc2)c(C(=O)OCc2ccccc2)c1)c1ccc(C(=O)OCc2ccccc2)c(C(=O)OCc2ccccc2)c1. The van der Waals surface area contributed by atoms with Crippen molar-refractivity contribution in [1.82, 2.24) is 0 Å². The van der Waals surface area contributed by atoms with Crippen LogP contribution in [0.1, 0.15) is 79.6 Å². The lowest BCUT2D eigenvalue weighted by Crippen LogP contribution is -2.17. The monoisotopic (exact) mass is 718 g/mol. The van der Waals surface area contributed by atoms with Crippen LogP contribution in [0.15, 0.2) is 158 Å². The van der Waals surface area contributed by atoms with Gasteiger partial charge in [0.1, 0.15) is 26.4 Å². The molecule has 0 bridgehead atoms. The summed E-state index contributed by atoms with van der Waals surface area (Å²) in [6, 6.07) is 44.0. The normalized spacial score (nSPS) is 10.5. The molecule has 0 spiro atoms. The van der Waals surface area contributed by atoms with Crippen molar-refractivity contribution in [1.29, 1.82) is 0 Å². The Labute approximate surface area is 311 Å². The first kappa shape index (κ1) is 36.7. The van der Waals surface area contributed by atoms with E-state index in [0.29, 0.717) is 0 Å². The summed E-state index contributed by atoms with van der Waals surface area (Å²) in [4.78, 5) is 67.6. The van der Waals surface area contributed by atoms with Gasteiger partial charge in [-0.3, -0.25) is 4.79 Å². The smallest absolute Gasteiger partial charge is 0.339 e. The fourth-order valence-corrected chi connectivity index (χ4v) is 5.43. The Morgan fingerprint density at radius 1 is 0.315 bits per heavy atom. The van der Waals surface area contributed by atoms with E-state index in [1.807, 2.05) is 48.5 Å². The van der Waals surface area contributed by atoms with Crippen LogP contribution in [0.4, 0.5) is 0 Å². The molecule has 0 saturated heterocycles. The molecule has 0 atom stereocenters. The maximum Gasteiger partial charge on any atom is 0.339 e. The second-order valence-electron chi connectivity index (χ2n) is 12.1. The molecule has 6 aromatic rings. The quantitative estimate of drug-likeness (QED) is 0.0621. The van der Waals surface area contributed by atoms with Gasteiger partial charge in [0.2, 0.25) is 0 Å². The van der Waals surface area contributed by atoms with Gasteiger partial charge in [-0.1, -0.05) is 133 Å². The Bertz CT molecular complexity index is 2090. The van der Waals surface area contributed by atoms with Crippen molar-refractivity contribution in [3.05, 3.63) is 213 Å². The Morgan fingerprint density at radius 3 is 0.852 bits per heavy atom. The number of ether oxygens (including phenoxy) is 4. The first-order chi connectivity index (χ1) is 26.4. The lowest BCUT2D eigenvalue weighted by molar-refractivity contribution is 0.0425. The zero-order valence-corrected chi connectivity index (χ0v) is 29.0. The van der Waals surface area contributed by atoms with Gasteiger partial charge in [-0.2, -0.15) is 0 Å². The fourth-order valence-electron chi connectivity index (χ4n) is 5.43. The van der Waals surface area contributed by atoms with E-state index in [4.69, 9.17) is 18.9 Å². The van der Waals surface area contributed by atoms with E-state index in [0.717, 1.165) is 22.3 Å². The summed E-state index contributed by atoms with van der Waals surface area (Å²) >= 11 is 0. The van der Waals surface area contributed by atoms with Crippen LogP contribution in [0.25, 0.3) is 0 Å². The topological polar surface area (TPSA) is 122 Å². The Kier molecular flexibility index (Phi) is 12.1. The molecule has 6 rings (SSSR count). The fraction of sp³-hybridized carbons (Fsp3) is 0.0889. The average Bonchev–Trinajstić information content (AvgIpc) is 3.23. The predicted molar refractivity (Wildman–Crippen MR) is 199 cm³/mol. The zero-order valence-electron chi connectivity index (χ0n) is 29.0. The highest BCUT2D eigenvalue weighted by Crippen LogP contribution is 2.23. The third kappa shape index (κ3) is 9.59. The summed E-state index contributed by atoms with van der Waals surface area (Å²) in [6.45, 7) is -0.233. The molecule has 0 saturated carbocycles. The molecule has 0 heterocycles. The van der Waals surface area contributed by atoms with E-state index in [2.05, 4.69) is 0 Å². The third-order valence-corrected chi connectivity index (χ3v) is 8.29. The van der Waals surface area contributed by atoms with Crippen molar-refractivity contribution < 1.29 is 42.9 Å². The zero-order chi connectivity index (χ0) is 37.7. The van der Waals surface area contributed by atoms with E-state index < -0.39 is 29.7 Å². The highest BCUT2D eigenvalue weighted by Gasteiger charge is 2.26. The van der Waals surface area contributed by atoms with Crippen LogP contribution in [0, 0.1) is 0 Å².